The summed E-state index contributed by atoms with van der Waals surface area (Å²) in [5.41, 5.74) is 16.8. The second-order valence-electron chi connectivity index (χ2n) is 10.3. The van der Waals surface area contributed by atoms with E-state index in [1.54, 1.807) is 6.92 Å². The Morgan fingerprint density at radius 3 is 2.79 bits per heavy atom. The third kappa shape index (κ3) is 10.7. The average Bonchev–Trinajstić information content (AvgIpc) is 3.40. The summed E-state index contributed by atoms with van der Waals surface area (Å²) in [5.74, 6) is -0.962. The molecule has 0 saturated carbocycles. The summed E-state index contributed by atoms with van der Waals surface area (Å²) in [4.78, 5) is 26.4. The highest BCUT2D eigenvalue weighted by Crippen LogP contribution is 2.18. The number of carbonyl (C=O) groups excluding carboxylic acids is 1. The van der Waals surface area contributed by atoms with E-state index in [2.05, 4.69) is 30.5 Å². The van der Waals surface area contributed by atoms with E-state index in [0.29, 0.717) is 19.7 Å². The molecule has 16 nitrogen and oxygen atoms in total. The Morgan fingerprint density at radius 1 is 1.26 bits per heavy atom. The van der Waals surface area contributed by atoms with Crippen LogP contribution in [0.15, 0.2) is 4.99 Å². The zero-order valence-electron chi connectivity index (χ0n) is 23.8. The number of rotatable bonds is 15. The van der Waals surface area contributed by atoms with Crippen molar-refractivity contribution in [3.05, 3.63) is 10.8 Å². The molecule has 2 fully saturated rings. The molecule has 1 amide bonds. The third-order valence-electron chi connectivity index (χ3n) is 6.96. The zero-order chi connectivity index (χ0) is 30.6. The molecular formula is C25H44ClN9O7. The van der Waals surface area contributed by atoms with Gasteiger partial charge in [-0.15, -0.1) is 0 Å². The molecular weight excluding hydrogens is 574 g/mol. The van der Waals surface area contributed by atoms with E-state index in [0.717, 1.165) is 45.3 Å². The van der Waals surface area contributed by atoms with Crippen LogP contribution in [0.5, 0.6) is 0 Å². The third-order valence-corrected chi connectivity index (χ3v) is 7.24. The number of aliphatic hydroxyl groups is 3. The first-order valence-electron chi connectivity index (χ1n) is 14.1. The zero-order valence-corrected chi connectivity index (χ0v) is 24.6. The minimum Gasteiger partial charge on any atom is -0.389 e. The number of hydrogen-bond donors (Lipinski definition) is 8. The molecule has 2 aliphatic heterocycles. The van der Waals surface area contributed by atoms with Gasteiger partial charge in [-0.1, -0.05) is 11.6 Å². The molecule has 238 valence electrons. The number of aromatic nitrogens is 2. The average molecular weight is 618 g/mol. The number of aliphatic imine (C=N–C) groups is 1. The van der Waals surface area contributed by atoms with Crippen molar-refractivity contribution < 1.29 is 34.3 Å². The van der Waals surface area contributed by atoms with Crippen molar-refractivity contribution in [2.75, 3.05) is 63.9 Å². The fraction of sp³-hybridized carbons (Fsp3) is 0.760. The highest BCUT2D eigenvalue weighted by Gasteiger charge is 2.36. The lowest BCUT2D eigenvalue weighted by atomic mass is 10.0. The first-order chi connectivity index (χ1) is 20.0. The van der Waals surface area contributed by atoms with Gasteiger partial charge in [0.15, 0.2) is 34.7 Å². The predicted molar refractivity (Wildman–Crippen MR) is 156 cm³/mol. The highest BCUT2D eigenvalue weighted by atomic mass is 35.5. The number of guanidine groups is 1. The Hall–Kier alpha value is -2.41. The van der Waals surface area contributed by atoms with Crippen LogP contribution < -0.4 is 27.8 Å². The van der Waals surface area contributed by atoms with Crippen LogP contribution in [0.25, 0.3) is 0 Å². The predicted octanol–water partition coefficient (Wildman–Crippen LogP) is -1.97. The molecule has 3 rings (SSSR count). The number of carbonyl (C=O) groups is 1. The summed E-state index contributed by atoms with van der Waals surface area (Å²) >= 11 is 5.80. The van der Waals surface area contributed by atoms with Gasteiger partial charge in [-0.3, -0.25) is 15.1 Å². The Labute approximate surface area is 249 Å². The molecule has 1 aromatic rings. The van der Waals surface area contributed by atoms with Crippen LogP contribution in [0.4, 0.5) is 11.6 Å². The number of anilines is 2. The van der Waals surface area contributed by atoms with E-state index in [1.165, 1.54) is 0 Å². The van der Waals surface area contributed by atoms with Gasteiger partial charge in [-0.25, -0.2) is 9.97 Å². The number of likely N-dealkylation sites (tertiary alicyclic amines) is 1. The molecule has 42 heavy (non-hydrogen) atoms. The van der Waals surface area contributed by atoms with Gasteiger partial charge in [-0.05, 0) is 45.7 Å². The van der Waals surface area contributed by atoms with Crippen LogP contribution in [0, 0.1) is 0 Å². The molecule has 0 spiro atoms. The summed E-state index contributed by atoms with van der Waals surface area (Å²) in [6.07, 6.45) is -1.07. The van der Waals surface area contributed by atoms with Gasteiger partial charge in [0.1, 0.15) is 18.3 Å². The molecule has 1 unspecified atom stereocenters. The van der Waals surface area contributed by atoms with Gasteiger partial charge in [0.05, 0.1) is 25.4 Å². The van der Waals surface area contributed by atoms with Gasteiger partial charge in [0.25, 0.3) is 5.91 Å². The Balaban J connectivity index is 1.25. The van der Waals surface area contributed by atoms with Crippen LogP contribution in [0.1, 0.15) is 43.1 Å². The number of nitrogens with two attached hydrogens (primary N) is 3. The van der Waals surface area contributed by atoms with Gasteiger partial charge < -0.3 is 56.9 Å². The highest BCUT2D eigenvalue weighted by molar-refractivity contribution is 6.31. The molecule has 2 saturated heterocycles. The number of amides is 1. The molecule has 6 atom stereocenters. The number of nitrogen functional groups attached to an aromatic ring is 2. The lowest BCUT2D eigenvalue weighted by molar-refractivity contribution is -0.122. The summed E-state index contributed by atoms with van der Waals surface area (Å²) in [6.45, 7) is 6.08. The number of nitrogens with zero attached hydrogens (tertiary/aromatic N) is 4. The Bertz CT molecular complexity index is 1040. The molecule has 0 aromatic carbocycles. The fourth-order valence-electron chi connectivity index (χ4n) is 4.67. The van der Waals surface area contributed by atoms with Crippen LogP contribution in [-0.4, -0.2) is 131 Å². The number of halogens is 1. The van der Waals surface area contributed by atoms with Crippen LogP contribution in [-0.2, 0) is 14.2 Å². The van der Waals surface area contributed by atoms with Crippen LogP contribution in [0.2, 0.25) is 5.15 Å². The van der Waals surface area contributed by atoms with Crippen LogP contribution in [0.3, 0.4) is 0 Å². The summed E-state index contributed by atoms with van der Waals surface area (Å²) in [7, 11) is 0. The Morgan fingerprint density at radius 2 is 2.05 bits per heavy atom. The smallest absolute Gasteiger partial charge is 0.280 e. The minimum absolute atomic E-state index is 0.0561. The number of aliphatic hydroxyl groups excluding tert-OH is 3. The van der Waals surface area contributed by atoms with Gasteiger partial charge in [0, 0.05) is 26.2 Å². The normalized spacial score (nSPS) is 23.9. The topological polar surface area (TPSA) is 249 Å². The molecule has 0 radical (unpaired) electrons. The molecule has 2 aliphatic rings. The van der Waals surface area contributed by atoms with E-state index in [4.69, 9.17) is 43.0 Å². The summed E-state index contributed by atoms with van der Waals surface area (Å²) < 4.78 is 16.6. The van der Waals surface area contributed by atoms with Crippen molar-refractivity contribution in [3.63, 3.8) is 0 Å². The number of hydrogen-bond acceptors (Lipinski definition) is 14. The Kier molecular flexibility index (Phi) is 13.8. The first-order valence-corrected chi connectivity index (χ1v) is 14.5. The first kappa shape index (κ1) is 34.1. The van der Waals surface area contributed by atoms with Crippen molar-refractivity contribution in [2.45, 2.75) is 69.4 Å². The molecule has 11 N–H and O–H groups in total. The number of unbranched alkanes of at least 4 members (excludes halogenated alkanes) is 1. The van der Waals surface area contributed by atoms with Crippen molar-refractivity contribution >= 4 is 35.1 Å². The summed E-state index contributed by atoms with van der Waals surface area (Å²) in [5, 5.41) is 35.9. The van der Waals surface area contributed by atoms with E-state index in [-0.39, 0.29) is 47.7 Å². The fourth-order valence-corrected chi connectivity index (χ4v) is 4.80. The second kappa shape index (κ2) is 17.0. The number of nitrogens with one attached hydrogen (secondary N) is 2. The summed E-state index contributed by atoms with van der Waals surface area (Å²) in [6, 6.07) is 0. The van der Waals surface area contributed by atoms with Crippen molar-refractivity contribution in [1.82, 2.24) is 25.5 Å². The maximum absolute atomic E-state index is 12.3. The van der Waals surface area contributed by atoms with Crippen molar-refractivity contribution in [2.24, 2.45) is 10.7 Å². The van der Waals surface area contributed by atoms with Crippen LogP contribution >= 0.6 is 11.6 Å². The van der Waals surface area contributed by atoms with E-state index in [1.807, 2.05) is 0 Å². The lowest BCUT2D eigenvalue weighted by Crippen LogP contribution is -2.49. The monoisotopic (exact) mass is 617 g/mol. The van der Waals surface area contributed by atoms with Gasteiger partial charge in [-0.2, -0.15) is 0 Å². The van der Waals surface area contributed by atoms with Crippen molar-refractivity contribution in [1.29, 1.82) is 0 Å². The lowest BCUT2D eigenvalue weighted by Gasteiger charge is -2.32. The molecule has 1 aromatic heterocycles. The maximum Gasteiger partial charge on any atom is 0.280 e. The molecule has 3 heterocycles. The quantitative estimate of drug-likeness (QED) is 0.0604. The number of piperidine rings is 1. The van der Waals surface area contributed by atoms with Gasteiger partial charge >= 0.3 is 0 Å². The minimum atomic E-state index is -1.35. The van der Waals surface area contributed by atoms with E-state index >= 15 is 0 Å². The van der Waals surface area contributed by atoms with E-state index in [9.17, 15) is 20.1 Å². The van der Waals surface area contributed by atoms with Gasteiger partial charge in [0.2, 0.25) is 0 Å². The van der Waals surface area contributed by atoms with Crippen molar-refractivity contribution in [3.8, 4) is 0 Å². The second-order valence-corrected chi connectivity index (χ2v) is 10.7. The largest absolute Gasteiger partial charge is 0.389 e. The standard InChI is InChI=1S/C25H44ClN9O7/c1-14-41-13-17(42-14)20(38)19(37)16(36)11-30-7-10-40-15-5-4-9-35(12-15)8-3-2-6-31-25(29)34-24(39)18-22(27)33-23(28)21(26)32-18/h14-17,19-20,30,36-38H,2-13H2,1H3,(H4,27,28,33)(H3,29,31,34,39)/t14-,15?,16+,17-,19-,20-/m1/s1. The SMILES string of the molecule is C[C@@H]1OC[C@H]([C@@H](O)[C@H](O)[C@@H](O)CNCCOC2CCCN(CCCCN=C(N)NC(=O)c3nc(Cl)c(N)nc3N)C2)O1. The molecule has 0 aliphatic carbocycles. The maximum atomic E-state index is 12.3. The number of ether oxygens (including phenoxy) is 3. The molecule has 0 bridgehead atoms. The molecule has 17 heteroatoms. The van der Waals surface area contributed by atoms with E-state index < -0.39 is 36.6 Å².